The summed E-state index contributed by atoms with van der Waals surface area (Å²) >= 11 is 0. The second-order valence-corrected chi connectivity index (χ2v) is 3.41. The topological polar surface area (TPSA) is 125 Å². The summed E-state index contributed by atoms with van der Waals surface area (Å²) in [5, 5.41) is 3.91. The minimum Gasteiger partial charge on any atom is -0.335 e. The van der Waals surface area contributed by atoms with Crippen LogP contribution in [0.3, 0.4) is 0 Å². The van der Waals surface area contributed by atoms with E-state index in [4.69, 9.17) is 0 Å². The molecule has 0 aliphatic heterocycles. The highest BCUT2D eigenvalue weighted by molar-refractivity contribution is 5.68. The molecule has 3 N–H and O–H groups in total. The van der Waals surface area contributed by atoms with Gasteiger partial charge in [0.05, 0.1) is 0 Å². The number of H-pyrrole nitrogens is 3. The molecule has 3 heterocycles. The molecule has 0 aromatic carbocycles. The van der Waals surface area contributed by atoms with Crippen molar-refractivity contribution in [3.8, 4) is 0 Å². The molecule has 0 unspecified atom stereocenters. The second-order valence-electron chi connectivity index (χ2n) is 3.41. The summed E-state index contributed by atoms with van der Waals surface area (Å²) in [7, 11) is 0. The lowest BCUT2D eigenvalue weighted by Crippen LogP contribution is -2.21. The number of rotatable bonds is 2. The largest absolute Gasteiger partial charge is 0.335 e. The van der Waals surface area contributed by atoms with Crippen LogP contribution in [-0.2, 0) is 6.54 Å². The molecule has 0 aliphatic rings. The lowest BCUT2D eigenvalue weighted by atomic mass is 10.5. The van der Waals surface area contributed by atoms with Gasteiger partial charge in [-0.25, -0.2) is 19.4 Å². The molecule has 0 amide bonds. The van der Waals surface area contributed by atoms with Gasteiger partial charge in [-0.3, -0.25) is 14.8 Å². The van der Waals surface area contributed by atoms with E-state index in [0.717, 1.165) is 0 Å². The summed E-state index contributed by atoms with van der Waals surface area (Å²) in [5.74, 6) is 0.512. The van der Waals surface area contributed by atoms with Crippen LogP contribution in [0.15, 0.2) is 22.2 Å². The maximum Gasteiger partial charge on any atom is 0.327 e. The highest BCUT2D eigenvalue weighted by atomic mass is 16.2. The SMILES string of the molecule is O=c1[nH]c(=O)c2[nH]c(Cn3cncn3)nc2[nH]1. The number of hydrogen-bond donors (Lipinski definition) is 3. The predicted octanol–water partition coefficient (Wildman–Crippen LogP) is -1.42. The summed E-state index contributed by atoms with van der Waals surface area (Å²) in [6.07, 6.45) is 2.93. The molecule has 0 saturated carbocycles. The monoisotopic (exact) mass is 233 g/mol. The Kier molecular flexibility index (Phi) is 1.90. The molecule has 17 heavy (non-hydrogen) atoms. The van der Waals surface area contributed by atoms with Crippen LogP contribution >= 0.6 is 0 Å². The van der Waals surface area contributed by atoms with E-state index >= 15 is 0 Å². The lowest BCUT2D eigenvalue weighted by molar-refractivity contribution is 0.661. The van der Waals surface area contributed by atoms with Crippen molar-refractivity contribution in [3.63, 3.8) is 0 Å². The Hall–Kier alpha value is -2.71. The maximum absolute atomic E-state index is 11.4. The number of imidazole rings is 1. The first kappa shape index (κ1) is 9.51. The zero-order chi connectivity index (χ0) is 11.8. The Labute approximate surface area is 92.6 Å². The van der Waals surface area contributed by atoms with Crippen LogP contribution in [0.5, 0.6) is 0 Å². The number of hydrogen-bond acceptors (Lipinski definition) is 5. The molecule has 0 radical (unpaired) electrons. The van der Waals surface area contributed by atoms with Crippen LogP contribution in [0.1, 0.15) is 5.82 Å². The van der Waals surface area contributed by atoms with E-state index in [1.807, 2.05) is 0 Å². The van der Waals surface area contributed by atoms with E-state index in [0.29, 0.717) is 12.4 Å². The Morgan fingerprint density at radius 3 is 2.88 bits per heavy atom. The van der Waals surface area contributed by atoms with Crippen LogP contribution in [0.25, 0.3) is 11.2 Å². The summed E-state index contributed by atoms with van der Waals surface area (Å²) < 4.78 is 1.55. The van der Waals surface area contributed by atoms with Crippen LogP contribution < -0.4 is 11.2 Å². The van der Waals surface area contributed by atoms with Gasteiger partial charge in [0.15, 0.2) is 5.65 Å². The highest BCUT2D eigenvalue weighted by Crippen LogP contribution is 2.02. The Bertz CT molecular complexity index is 763. The van der Waals surface area contributed by atoms with Crippen molar-refractivity contribution in [1.82, 2.24) is 34.7 Å². The van der Waals surface area contributed by atoms with Gasteiger partial charge >= 0.3 is 5.69 Å². The average Bonchev–Trinajstić information content (AvgIpc) is 2.87. The quantitative estimate of drug-likeness (QED) is 0.501. The fourth-order valence-electron chi connectivity index (χ4n) is 1.52. The fraction of sp³-hybridized carbons (Fsp3) is 0.125. The fourth-order valence-corrected chi connectivity index (χ4v) is 1.52. The van der Waals surface area contributed by atoms with E-state index in [1.54, 1.807) is 4.68 Å². The smallest absolute Gasteiger partial charge is 0.327 e. The van der Waals surface area contributed by atoms with Crippen LogP contribution in [0, 0.1) is 0 Å². The van der Waals surface area contributed by atoms with Gasteiger partial charge in [-0.2, -0.15) is 5.10 Å². The predicted molar refractivity (Wildman–Crippen MR) is 56.5 cm³/mol. The van der Waals surface area contributed by atoms with Crippen molar-refractivity contribution in [3.05, 3.63) is 39.3 Å². The molecule has 9 heteroatoms. The maximum atomic E-state index is 11.4. The van der Waals surface area contributed by atoms with Crippen molar-refractivity contribution in [2.24, 2.45) is 0 Å². The first-order chi connectivity index (χ1) is 8.22. The van der Waals surface area contributed by atoms with Crippen LogP contribution in [0.2, 0.25) is 0 Å². The zero-order valence-electron chi connectivity index (χ0n) is 8.47. The van der Waals surface area contributed by atoms with Gasteiger partial charge in [-0.1, -0.05) is 0 Å². The molecular weight excluding hydrogens is 226 g/mol. The van der Waals surface area contributed by atoms with Gasteiger partial charge in [0, 0.05) is 0 Å². The first-order valence-electron chi connectivity index (χ1n) is 4.76. The van der Waals surface area contributed by atoms with Crippen LogP contribution in [0.4, 0.5) is 0 Å². The minimum atomic E-state index is -0.582. The van der Waals surface area contributed by atoms with Gasteiger partial charge in [-0.05, 0) is 0 Å². The average molecular weight is 233 g/mol. The number of aromatic nitrogens is 7. The van der Waals surface area contributed by atoms with Crippen LogP contribution in [-0.4, -0.2) is 34.7 Å². The molecular formula is C8H7N7O2. The minimum absolute atomic E-state index is 0.230. The molecule has 0 saturated heterocycles. The first-order valence-corrected chi connectivity index (χ1v) is 4.76. The molecule has 0 bridgehead atoms. The van der Waals surface area contributed by atoms with Crippen molar-refractivity contribution in [2.45, 2.75) is 6.54 Å². The summed E-state index contributed by atoms with van der Waals surface area (Å²) in [6, 6.07) is 0. The summed E-state index contributed by atoms with van der Waals surface area (Å²) in [4.78, 5) is 37.7. The normalized spacial score (nSPS) is 11.1. The van der Waals surface area contributed by atoms with Gasteiger partial charge in [0.25, 0.3) is 5.56 Å². The summed E-state index contributed by atoms with van der Waals surface area (Å²) in [6.45, 7) is 0.343. The van der Waals surface area contributed by atoms with Gasteiger partial charge < -0.3 is 4.98 Å². The van der Waals surface area contributed by atoms with Crippen molar-refractivity contribution >= 4 is 11.2 Å². The lowest BCUT2D eigenvalue weighted by Gasteiger charge is -1.93. The Balaban J connectivity index is 2.11. The van der Waals surface area contributed by atoms with Gasteiger partial charge in [0.2, 0.25) is 0 Å². The van der Waals surface area contributed by atoms with Gasteiger partial charge in [0.1, 0.15) is 30.5 Å². The number of fused-ring (bicyclic) bond motifs is 1. The molecule has 0 spiro atoms. The third-order valence-corrected chi connectivity index (χ3v) is 2.22. The molecule has 9 nitrogen and oxygen atoms in total. The summed E-state index contributed by atoms with van der Waals surface area (Å²) in [5.41, 5.74) is -0.615. The van der Waals surface area contributed by atoms with E-state index in [-0.39, 0.29) is 11.2 Å². The van der Waals surface area contributed by atoms with E-state index in [1.165, 1.54) is 12.7 Å². The standard InChI is InChI=1S/C8H7N7O2/c16-7-5-6(13-8(17)14-7)12-4(11-5)1-15-3-9-2-10-15/h2-3H,1H2,(H3,11,12,13,14,16,17). The molecule has 0 aliphatic carbocycles. The van der Waals surface area contributed by atoms with Crippen molar-refractivity contribution in [1.29, 1.82) is 0 Å². The van der Waals surface area contributed by atoms with Crippen molar-refractivity contribution in [2.75, 3.05) is 0 Å². The molecule has 3 aromatic rings. The molecule has 0 atom stereocenters. The Morgan fingerprint density at radius 2 is 2.12 bits per heavy atom. The highest BCUT2D eigenvalue weighted by Gasteiger charge is 2.07. The van der Waals surface area contributed by atoms with E-state index < -0.39 is 11.2 Å². The molecule has 3 aromatic heterocycles. The van der Waals surface area contributed by atoms with E-state index in [9.17, 15) is 9.59 Å². The van der Waals surface area contributed by atoms with Crippen molar-refractivity contribution < 1.29 is 0 Å². The molecule has 0 fully saturated rings. The molecule has 86 valence electrons. The molecule has 3 rings (SSSR count). The zero-order valence-corrected chi connectivity index (χ0v) is 8.47. The third kappa shape index (κ3) is 1.62. The number of aromatic amines is 3. The number of nitrogens with one attached hydrogen (secondary N) is 3. The third-order valence-electron chi connectivity index (χ3n) is 2.22. The van der Waals surface area contributed by atoms with E-state index in [2.05, 4.69) is 30.0 Å². The number of nitrogens with zero attached hydrogens (tertiary/aromatic N) is 4. The van der Waals surface area contributed by atoms with Gasteiger partial charge in [-0.15, -0.1) is 0 Å². The second kappa shape index (κ2) is 3.40. The Morgan fingerprint density at radius 1 is 1.24 bits per heavy atom.